The molecular formula is C28H35FN2O. The van der Waals surface area contributed by atoms with E-state index < -0.39 is 6.17 Å². The smallest absolute Gasteiger partial charge is 0.159 e. The maximum atomic E-state index is 13.3. The summed E-state index contributed by atoms with van der Waals surface area (Å²) in [4.78, 5) is 9.12. The summed E-state index contributed by atoms with van der Waals surface area (Å²) in [6.07, 6.45) is 12.3. The number of unbranched alkanes of at least 4 members (excludes halogenated alkanes) is 5. The normalized spacial score (nSPS) is 12.0. The zero-order chi connectivity index (χ0) is 22.6. The predicted molar refractivity (Wildman–Crippen MR) is 131 cm³/mol. The van der Waals surface area contributed by atoms with Gasteiger partial charge in [-0.2, -0.15) is 0 Å². The lowest BCUT2D eigenvalue weighted by molar-refractivity contribution is 0.192. The number of rotatable bonds is 13. The number of benzene rings is 2. The van der Waals surface area contributed by atoms with Gasteiger partial charge in [-0.05, 0) is 42.5 Å². The van der Waals surface area contributed by atoms with E-state index in [1.54, 1.807) is 0 Å². The number of aromatic nitrogens is 2. The van der Waals surface area contributed by atoms with Crippen LogP contribution in [0.3, 0.4) is 0 Å². The molecule has 0 aliphatic heterocycles. The van der Waals surface area contributed by atoms with Gasteiger partial charge in [0.2, 0.25) is 0 Å². The Morgan fingerprint density at radius 2 is 1.38 bits per heavy atom. The summed E-state index contributed by atoms with van der Waals surface area (Å²) < 4.78 is 18.8. The van der Waals surface area contributed by atoms with Crippen molar-refractivity contribution in [3.63, 3.8) is 0 Å². The van der Waals surface area contributed by atoms with E-state index in [0.717, 1.165) is 28.9 Å². The Balaban J connectivity index is 1.52. The second-order valence-corrected chi connectivity index (χ2v) is 8.35. The molecule has 3 aromatic rings. The van der Waals surface area contributed by atoms with Crippen molar-refractivity contribution in [3.8, 4) is 28.3 Å². The lowest BCUT2D eigenvalue weighted by atomic mass is 10.0. The molecule has 0 fully saturated rings. The fraction of sp³-hybridized carbons (Fsp3) is 0.429. The van der Waals surface area contributed by atoms with Crippen molar-refractivity contribution in [3.05, 3.63) is 66.5 Å². The fourth-order valence-corrected chi connectivity index (χ4v) is 3.60. The number of aryl methyl sites for hydroxylation is 1. The van der Waals surface area contributed by atoms with E-state index in [0.29, 0.717) is 12.2 Å². The molecule has 0 aliphatic rings. The first kappa shape index (κ1) is 23.9. The molecule has 0 N–H and O–H groups in total. The monoisotopic (exact) mass is 434 g/mol. The molecule has 1 aromatic heterocycles. The largest absolute Gasteiger partial charge is 0.491 e. The van der Waals surface area contributed by atoms with Crippen LogP contribution in [0.25, 0.3) is 22.5 Å². The second kappa shape index (κ2) is 12.9. The van der Waals surface area contributed by atoms with Crippen molar-refractivity contribution >= 4 is 0 Å². The molecular weight excluding hydrogens is 399 g/mol. The van der Waals surface area contributed by atoms with Crippen LogP contribution in [0, 0.1) is 0 Å². The van der Waals surface area contributed by atoms with Gasteiger partial charge in [-0.15, -0.1) is 0 Å². The van der Waals surface area contributed by atoms with Gasteiger partial charge in [-0.1, -0.05) is 82.3 Å². The van der Waals surface area contributed by atoms with Gasteiger partial charge in [0, 0.05) is 23.5 Å². The number of nitrogens with zero attached hydrogens (tertiary/aromatic N) is 2. The van der Waals surface area contributed by atoms with Gasteiger partial charge >= 0.3 is 0 Å². The predicted octanol–water partition coefficient (Wildman–Crippen LogP) is 7.84. The van der Waals surface area contributed by atoms with Gasteiger partial charge in [0.05, 0.1) is 0 Å². The standard InChI is InChI=1S/C28H35FN2O/c1-3-5-6-7-8-9-10-22-11-13-24(14-12-22)28-30-19-25(20-31-28)23-15-17-27(18-16-23)32-21-26(29)4-2/h11-20,26H,3-10,21H2,1-2H3. The molecule has 0 bridgehead atoms. The Morgan fingerprint density at radius 1 is 0.750 bits per heavy atom. The van der Waals surface area contributed by atoms with Gasteiger partial charge in [0.15, 0.2) is 5.82 Å². The van der Waals surface area contributed by atoms with Crippen LogP contribution in [-0.4, -0.2) is 22.7 Å². The third-order valence-electron chi connectivity index (χ3n) is 5.74. The number of hydrogen-bond acceptors (Lipinski definition) is 3. The molecule has 0 radical (unpaired) electrons. The van der Waals surface area contributed by atoms with Crippen molar-refractivity contribution in [1.29, 1.82) is 0 Å². The first-order valence-electron chi connectivity index (χ1n) is 12.0. The van der Waals surface area contributed by atoms with Crippen molar-refractivity contribution in [2.75, 3.05) is 6.61 Å². The van der Waals surface area contributed by atoms with Crippen LogP contribution >= 0.6 is 0 Å². The fourth-order valence-electron chi connectivity index (χ4n) is 3.60. The van der Waals surface area contributed by atoms with Crippen LogP contribution in [-0.2, 0) is 6.42 Å². The van der Waals surface area contributed by atoms with Crippen LogP contribution in [0.1, 0.15) is 64.4 Å². The van der Waals surface area contributed by atoms with E-state index in [1.807, 2.05) is 43.6 Å². The molecule has 1 atom stereocenters. The summed E-state index contributed by atoms with van der Waals surface area (Å²) in [6.45, 7) is 4.15. The maximum absolute atomic E-state index is 13.3. The van der Waals surface area contributed by atoms with Crippen molar-refractivity contribution < 1.29 is 9.13 Å². The van der Waals surface area contributed by atoms with Crippen LogP contribution in [0.4, 0.5) is 4.39 Å². The molecule has 3 nitrogen and oxygen atoms in total. The minimum atomic E-state index is -0.930. The van der Waals surface area contributed by atoms with Gasteiger partial charge < -0.3 is 4.74 Å². The molecule has 1 unspecified atom stereocenters. The van der Waals surface area contributed by atoms with Crippen LogP contribution in [0.5, 0.6) is 5.75 Å². The lowest BCUT2D eigenvalue weighted by Crippen LogP contribution is -2.11. The zero-order valence-electron chi connectivity index (χ0n) is 19.4. The van der Waals surface area contributed by atoms with E-state index in [1.165, 1.54) is 44.1 Å². The van der Waals surface area contributed by atoms with Gasteiger partial charge in [-0.3, -0.25) is 0 Å². The average molecular weight is 435 g/mol. The number of ether oxygens (including phenoxy) is 1. The first-order valence-corrected chi connectivity index (χ1v) is 12.0. The minimum absolute atomic E-state index is 0.0887. The highest BCUT2D eigenvalue weighted by molar-refractivity contribution is 5.64. The van der Waals surface area contributed by atoms with Crippen LogP contribution < -0.4 is 4.74 Å². The quantitative estimate of drug-likeness (QED) is 0.257. The van der Waals surface area contributed by atoms with E-state index in [9.17, 15) is 4.39 Å². The third kappa shape index (κ3) is 7.44. The summed E-state index contributed by atoms with van der Waals surface area (Å²) in [5.41, 5.74) is 4.35. The van der Waals surface area contributed by atoms with Crippen LogP contribution in [0.15, 0.2) is 60.9 Å². The van der Waals surface area contributed by atoms with Crippen molar-refractivity contribution in [2.24, 2.45) is 0 Å². The molecule has 0 saturated heterocycles. The van der Waals surface area contributed by atoms with E-state index >= 15 is 0 Å². The Morgan fingerprint density at radius 3 is 2.03 bits per heavy atom. The number of hydrogen-bond donors (Lipinski definition) is 0. The summed E-state index contributed by atoms with van der Waals surface area (Å²) in [5, 5.41) is 0. The van der Waals surface area contributed by atoms with Crippen molar-refractivity contribution in [1.82, 2.24) is 9.97 Å². The Labute approximate surface area is 192 Å². The Kier molecular flexibility index (Phi) is 9.67. The van der Waals surface area contributed by atoms with Crippen molar-refractivity contribution in [2.45, 2.75) is 71.4 Å². The molecule has 32 heavy (non-hydrogen) atoms. The lowest BCUT2D eigenvalue weighted by Gasteiger charge is -2.09. The molecule has 0 spiro atoms. The second-order valence-electron chi connectivity index (χ2n) is 8.35. The zero-order valence-corrected chi connectivity index (χ0v) is 19.4. The summed E-state index contributed by atoms with van der Waals surface area (Å²) in [6, 6.07) is 16.2. The topological polar surface area (TPSA) is 35.0 Å². The van der Waals surface area contributed by atoms with E-state index in [-0.39, 0.29) is 6.61 Å². The Bertz CT molecular complexity index is 908. The molecule has 170 valence electrons. The summed E-state index contributed by atoms with van der Waals surface area (Å²) in [7, 11) is 0. The molecule has 1 heterocycles. The first-order chi connectivity index (χ1) is 15.7. The number of alkyl halides is 1. The van der Waals surface area contributed by atoms with Gasteiger partial charge in [0.1, 0.15) is 18.5 Å². The van der Waals surface area contributed by atoms with Gasteiger partial charge in [-0.25, -0.2) is 14.4 Å². The average Bonchev–Trinajstić information content (AvgIpc) is 2.85. The molecule has 4 heteroatoms. The summed E-state index contributed by atoms with van der Waals surface area (Å²) in [5.74, 6) is 1.40. The third-order valence-corrected chi connectivity index (χ3v) is 5.74. The highest BCUT2D eigenvalue weighted by atomic mass is 19.1. The summed E-state index contributed by atoms with van der Waals surface area (Å²) >= 11 is 0. The highest BCUT2D eigenvalue weighted by Crippen LogP contribution is 2.24. The molecule has 0 saturated carbocycles. The number of halogens is 1. The molecule has 0 amide bonds. The molecule has 2 aromatic carbocycles. The Hall–Kier alpha value is -2.75. The van der Waals surface area contributed by atoms with Crippen LogP contribution in [0.2, 0.25) is 0 Å². The maximum Gasteiger partial charge on any atom is 0.159 e. The SMILES string of the molecule is CCCCCCCCc1ccc(-c2ncc(-c3ccc(OCC(F)CC)cc3)cn2)cc1. The van der Waals surface area contributed by atoms with E-state index in [4.69, 9.17) is 4.74 Å². The molecule has 3 rings (SSSR count). The van der Waals surface area contributed by atoms with Gasteiger partial charge in [0.25, 0.3) is 0 Å². The minimum Gasteiger partial charge on any atom is -0.491 e. The molecule has 0 aliphatic carbocycles. The highest BCUT2D eigenvalue weighted by Gasteiger charge is 2.06. The van der Waals surface area contributed by atoms with E-state index in [2.05, 4.69) is 41.2 Å².